The topological polar surface area (TPSA) is 59.8 Å². The van der Waals surface area contributed by atoms with Crippen molar-refractivity contribution in [1.82, 2.24) is 20.1 Å². The summed E-state index contributed by atoms with van der Waals surface area (Å²) in [7, 11) is 1.94. The predicted octanol–water partition coefficient (Wildman–Crippen LogP) is 4.47. The second-order valence-electron chi connectivity index (χ2n) is 6.41. The number of aryl methyl sites for hydroxylation is 1. The lowest BCUT2D eigenvalue weighted by molar-refractivity contribution is -0.119. The van der Waals surface area contributed by atoms with Crippen LogP contribution in [0.25, 0.3) is 11.4 Å². The number of thioether (sulfide) groups is 1. The predicted molar refractivity (Wildman–Crippen MR) is 112 cm³/mol. The third-order valence-electron chi connectivity index (χ3n) is 4.25. The Balaban J connectivity index is 1.58. The Bertz CT molecular complexity index is 889. The third kappa shape index (κ3) is 4.99. The minimum atomic E-state index is -0.0165. The second-order valence-corrected chi connectivity index (χ2v) is 8.34. The van der Waals surface area contributed by atoms with Crippen molar-refractivity contribution in [3.8, 4) is 11.4 Å². The molecule has 142 valence electrons. The summed E-state index contributed by atoms with van der Waals surface area (Å²) in [6.07, 6.45) is 2.22. The fourth-order valence-corrected chi connectivity index (χ4v) is 4.50. The zero-order valence-electron chi connectivity index (χ0n) is 15.8. The van der Waals surface area contributed by atoms with Crippen molar-refractivity contribution in [2.24, 2.45) is 7.05 Å². The molecule has 1 atom stereocenters. The van der Waals surface area contributed by atoms with E-state index < -0.39 is 0 Å². The van der Waals surface area contributed by atoms with Crippen LogP contribution in [0.2, 0.25) is 0 Å². The fourth-order valence-electron chi connectivity index (χ4n) is 2.81. The lowest BCUT2D eigenvalue weighted by Crippen LogP contribution is -2.28. The van der Waals surface area contributed by atoms with Crippen LogP contribution >= 0.6 is 23.1 Å². The molecule has 0 aliphatic heterocycles. The smallest absolute Gasteiger partial charge is 0.230 e. The molecule has 0 aliphatic carbocycles. The van der Waals surface area contributed by atoms with Gasteiger partial charge in [0.1, 0.15) is 0 Å². The monoisotopic (exact) mass is 400 g/mol. The Labute approximate surface area is 168 Å². The van der Waals surface area contributed by atoms with E-state index in [1.807, 2.05) is 48.9 Å². The van der Waals surface area contributed by atoms with E-state index in [9.17, 15) is 4.79 Å². The number of amides is 1. The van der Waals surface area contributed by atoms with Gasteiger partial charge in [0.25, 0.3) is 0 Å². The van der Waals surface area contributed by atoms with Gasteiger partial charge in [-0.1, -0.05) is 55.4 Å². The number of carbonyl (C=O) groups excluding carboxylic acids is 1. The summed E-state index contributed by atoms with van der Waals surface area (Å²) in [5.41, 5.74) is 2.18. The third-order valence-corrected chi connectivity index (χ3v) is 6.27. The van der Waals surface area contributed by atoms with E-state index in [1.165, 1.54) is 16.6 Å². The number of hydrogen-bond donors (Lipinski definition) is 1. The van der Waals surface area contributed by atoms with Gasteiger partial charge in [-0.05, 0) is 25.0 Å². The first-order valence-electron chi connectivity index (χ1n) is 9.02. The van der Waals surface area contributed by atoms with Crippen LogP contribution in [0.3, 0.4) is 0 Å². The highest BCUT2D eigenvalue weighted by Gasteiger charge is 2.15. The van der Waals surface area contributed by atoms with E-state index in [4.69, 9.17) is 0 Å². The van der Waals surface area contributed by atoms with Crippen LogP contribution in [-0.2, 0) is 18.3 Å². The highest BCUT2D eigenvalue weighted by Crippen LogP contribution is 2.27. The van der Waals surface area contributed by atoms with Crippen molar-refractivity contribution in [2.75, 3.05) is 5.75 Å². The summed E-state index contributed by atoms with van der Waals surface area (Å²) in [6.45, 7) is 4.17. The molecule has 5 nitrogen and oxygen atoms in total. The van der Waals surface area contributed by atoms with Gasteiger partial charge in [0, 0.05) is 22.9 Å². The van der Waals surface area contributed by atoms with Gasteiger partial charge in [-0.3, -0.25) is 4.79 Å². The minimum absolute atomic E-state index is 0.0123. The molecule has 1 N–H and O–H groups in total. The molecule has 0 bridgehead atoms. The minimum Gasteiger partial charge on any atom is -0.349 e. The van der Waals surface area contributed by atoms with Crippen LogP contribution in [-0.4, -0.2) is 26.4 Å². The van der Waals surface area contributed by atoms with E-state index in [0.717, 1.165) is 34.9 Å². The molecule has 1 unspecified atom stereocenters. The molecule has 3 rings (SSSR count). The van der Waals surface area contributed by atoms with E-state index in [2.05, 4.69) is 33.9 Å². The second kappa shape index (κ2) is 9.19. The molecule has 7 heteroatoms. The Hall–Kier alpha value is -2.12. The first-order chi connectivity index (χ1) is 13.1. The van der Waals surface area contributed by atoms with Crippen LogP contribution < -0.4 is 5.32 Å². The average molecular weight is 401 g/mol. The number of rotatable bonds is 8. The summed E-state index contributed by atoms with van der Waals surface area (Å²) >= 11 is 3.16. The first-order valence-corrected chi connectivity index (χ1v) is 10.9. The number of carbonyl (C=O) groups is 1. The Morgan fingerprint density at radius 2 is 2.07 bits per heavy atom. The normalized spacial score (nSPS) is 12.1. The molecular weight excluding hydrogens is 376 g/mol. The molecule has 0 radical (unpaired) electrons. The van der Waals surface area contributed by atoms with Crippen LogP contribution in [0.15, 0.2) is 46.9 Å². The molecule has 2 aromatic heterocycles. The maximum atomic E-state index is 12.3. The largest absolute Gasteiger partial charge is 0.349 e. The number of aromatic nitrogens is 3. The van der Waals surface area contributed by atoms with Gasteiger partial charge < -0.3 is 9.88 Å². The van der Waals surface area contributed by atoms with Gasteiger partial charge in [-0.15, -0.1) is 21.5 Å². The van der Waals surface area contributed by atoms with E-state index in [0.29, 0.717) is 5.75 Å². The summed E-state index contributed by atoms with van der Waals surface area (Å²) in [5.74, 6) is 1.14. The van der Waals surface area contributed by atoms with E-state index in [1.54, 1.807) is 11.3 Å². The van der Waals surface area contributed by atoms with E-state index >= 15 is 0 Å². The van der Waals surface area contributed by atoms with Crippen molar-refractivity contribution in [3.63, 3.8) is 0 Å². The highest BCUT2D eigenvalue weighted by atomic mass is 32.2. The van der Waals surface area contributed by atoms with Gasteiger partial charge >= 0.3 is 0 Å². The lowest BCUT2D eigenvalue weighted by Gasteiger charge is -2.13. The van der Waals surface area contributed by atoms with E-state index in [-0.39, 0.29) is 11.9 Å². The number of nitrogens with zero attached hydrogens (tertiary/aromatic N) is 3. The van der Waals surface area contributed by atoms with Gasteiger partial charge in [-0.25, -0.2) is 0 Å². The lowest BCUT2D eigenvalue weighted by atomic mass is 10.1. The molecule has 3 aromatic rings. The van der Waals surface area contributed by atoms with Crippen molar-refractivity contribution < 1.29 is 4.79 Å². The summed E-state index contributed by atoms with van der Waals surface area (Å²) in [4.78, 5) is 13.6. The Morgan fingerprint density at radius 3 is 2.81 bits per heavy atom. The molecule has 0 aliphatic rings. The van der Waals surface area contributed by atoms with Crippen molar-refractivity contribution in [1.29, 1.82) is 0 Å². The quantitative estimate of drug-likeness (QED) is 0.567. The Kier molecular flexibility index (Phi) is 6.68. The number of nitrogens with one attached hydrogen (secondary N) is 1. The summed E-state index contributed by atoms with van der Waals surface area (Å²) in [6, 6.07) is 12.1. The number of benzene rings is 1. The maximum absolute atomic E-state index is 12.3. The number of hydrogen-bond acceptors (Lipinski definition) is 5. The molecule has 0 saturated carbocycles. The molecule has 0 spiro atoms. The molecule has 0 saturated heterocycles. The van der Waals surface area contributed by atoms with Crippen LogP contribution in [0.4, 0.5) is 0 Å². The highest BCUT2D eigenvalue weighted by molar-refractivity contribution is 7.99. The first kappa shape index (κ1) is 19.6. The molecule has 1 aromatic carbocycles. The van der Waals surface area contributed by atoms with Crippen LogP contribution in [0.1, 0.15) is 36.8 Å². The Morgan fingerprint density at radius 1 is 1.30 bits per heavy atom. The van der Waals surface area contributed by atoms with Crippen molar-refractivity contribution >= 4 is 29.0 Å². The van der Waals surface area contributed by atoms with Gasteiger partial charge in [0.15, 0.2) is 11.0 Å². The van der Waals surface area contributed by atoms with Gasteiger partial charge in [-0.2, -0.15) is 0 Å². The number of thiophene rings is 1. The molecule has 0 fully saturated rings. The zero-order valence-corrected chi connectivity index (χ0v) is 17.4. The van der Waals surface area contributed by atoms with Gasteiger partial charge in [0.2, 0.25) is 5.91 Å². The molecule has 1 amide bonds. The molecular formula is C20H24N4OS2. The van der Waals surface area contributed by atoms with Crippen molar-refractivity contribution in [2.45, 2.75) is 37.9 Å². The maximum Gasteiger partial charge on any atom is 0.230 e. The fraction of sp³-hybridized carbons (Fsp3) is 0.350. The summed E-state index contributed by atoms with van der Waals surface area (Å²) in [5, 5.41) is 14.5. The molecule has 27 heavy (non-hydrogen) atoms. The SMILES string of the molecule is CCCc1cc(-c2nnc(SCC(=O)NC(C)c3ccccc3)n2C)cs1. The van der Waals surface area contributed by atoms with Crippen LogP contribution in [0.5, 0.6) is 0 Å². The average Bonchev–Trinajstić information content (AvgIpc) is 3.27. The zero-order chi connectivity index (χ0) is 19.2. The van der Waals surface area contributed by atoms with Crippen LogP contribution in [0, 0.1) is 0 Å². The standard InChI is InChI=1S/C20H24N4OS2/c1-4-8-17-11-16(12-26-17)19-22-23-20(24(19)3)27-13-18(25)21-14(2)15-9-6-5-7-10-15/h5-7,9-12,14H,4,8,13H2,1-3H3,(H,21,25). The van der Waals surface area contributed by atoms with Gasteiger partial charge in [0.05, 0.1) is 11.8 Å². The summed E-state index contributed by atoms with van der Waals surface area (Å²) < 4.78 is 1.95. The van der Waals surface area contributed by atoms with Crippen molar-refractivity contribution in [3.05, 3.63) is 52.2 Å². The molecule has 2 heterocycles.